The molecule has 6 heteroatoms. The second-order valence-electron chi connectivity index (χ2n) is 7.81. The van der Waals surface area contributed by atoms with Gasteiger partial charge in [-0.25, -0.2) is 0 Å². The van der Waals surface area contributed by atoms with E-state index in [-0.39, 0.29) is 11.8 Å². The Morgan fingerprint density at radius 3 is 2.55 bits per heavy atom. The molecular weight excluding hydrogens is 370 g/mol. The monoisotopic (exact) mass is 395 g/mol. The molecule has 0 saturated carbocycles. The van der Waals surface area contributed by atoms with E-state index in [0.717, 1.165) is 53.2 Å². The first kappa shape index (κ1) is 18.3. The van der Waals surface area contributed by atoms with E-state index >= 15 is 0 Å². The summed E-state index contributed by atoms with van der Waals surface area (Å²) < 4.78 is 16.4. The van der Waals surface area contributed by atoms with E-state index in [1.165, 1.54) is 7.11 Å². The molecule has 1 saturated heterocycles. The second-order valence-corrected chi connectivity index (χ2v) is 7.81. The van der Waals surface area contributed by atoms with Crippen molar-refractivity contribution in [2.75, 3.05) is 27.9 Å². The Kier molecular flexibility index (Phi) is 4.22. The third-order valence-corrected chi connectivity index (χ3v) is 6.52. The van der Waals surface area contributed by atoms with Gasteiger partial charge in [0.25, 0.3) is 0 Å². The molecule has 0 amide bonds. The highest BCUT2D eigenvalue weighted by Gasteiger charge is 2.39. The summed E-state index contributed by atoms with van der Waals surface area (Å²) in [5.74, 6) is 1.51. The number of aromatic hydroxyl groups is 1. The molecule has 29 heavy (non-hydrogen) atoms. The van der Waals surface area contributed by atoms with Crippen molar-refractivity contribution in [3.63, 3.8) is 0 Å². The van der Waals surface area contributed by atoms with E-state index in [2.05, 4.69) is 4.90 Å². The van der Waals surface area contributed by atoms with Gasteiger partial charge < -0.3 is 24.4 Å². The van der Waals surface area contributed by atoms with Gasteiger partial charge in [0.15, 0.2) is 11.5 Å². The van der Waals surface area contributed by atoms with Crippen molar-refractivity contribution < 1.29 is 24.4 Å². The van der Waals surface area contributed by atoms with Crippen LogP contribution in [0.2, 0.25) is 0 Å². The van der Waals surface area contributed by atoms with Crippen LogP contribution in [-0.4, -0.2) is 49.0 Å². The zero-order valence-corrected chi connectivity index (χ0v) is 16.9. The molecule has 2 unspecified atom stereocenters. The number of aliphatic hydroxyl groups excluding tert-OH is 1. The van der Waals surface area contributed by atoms with Gasteiger partial charge in [0.2, 0.25) is 5.75 Å². The molecule has 0 bridgehead atoms. The maximum Gasteiger partial charge on any atom is 0.203 e. The Labute approximate surface area is 169 Å². The predicted molar refractivity (Wildman–Crippen MR) is 111 cm³/mol. The molecule has 2 aliphatic heterocycles. The van der Waals surface area contributed by atoms with Gasteiger partial charge in [-0.05, 0) is 64.9 Å². The van der Waals surface area contributed by atoms with E-state index < -0.39 is 6.10 Å². The number of hydrogen-bond donors (Lipinski definition) is 2. The second kappa shape index (κ2) is 6.68. The molecule has 5 rings (SSSR count). The molecule has 152 valence electrons. The van der Waals surface area contributed by atoms with Crippen LogP contribution in [0.1, 0.15) is 30.1 Å². The molecule has 0 spiro atoms. The van der Waals surface area contributed by atoms with Gasteiger partial charge in [0.1, 0.15) is 5.75 Å². The number of rotatable bonds is 3. The fourth-order valence-corrected chi connectivity index (χ4v) is 5.20. The van der Waals surface area contributed by atoms with E-state index in [9.17, 15) is 10.2 Å². The van der Waals surface area contributed by atoms with Gasteiger partial charge in [0.05, 0.1) is 27.4 Å². The van der Waals surface area contributed by atoms with E-state index in [1.54, 1.807) is 14.2 Å². The summed E-state index contributed by atoms with van der Waals surface area (Å²) in [5.41, 5.74) is 1.99. The average molecular weight is 395 g/mol. The van der Waals surface area contributed by atoms with Crippen molar-refractivity contribution in [3.05, 3.63) is 35.4 Å². The molecule has 2 aliphatic rings. The van der Waals surface area contributed by atoms with Gasteiger partial charge >= 0.3 is 0 Å². The molecule has 3 aromatic carbocycles. The Hall–Kier alpha value is -2.70. The number of nitrogens with zero attached hydrogens (tertiary/aromatic N) is 1. The molecule has 2 heterocycles. The lowest BCUT2D eigenvalue weighted by atomic mass is 9.83. The number of fused-ring (bicyclic) bond motifs is 7. The van der Waals surface area contributed by atoms with Crippen LogP contribution in [0.15, 0.2) is 24.3 Å². The minimum Gasteiger partial charge on any atom is -0.504 e. The van der Waals surface area contributed by atoms with Crippen molar-refractivity contribution in [1.29, 1.82) is 0 Å². The normalized spacial score (nSPS) is 21.2. The van der Waals surface area contributed by atoms with E-state index in [0.29, 0.717) is 22.6 Å². The lowest BCUT2D eigenvalue weighted by Crippen LogP contribution is -2.39. The fourth-order valence-electron chi connectivity index (χ4n) is 5.20. The van der Waals surface area contributed by atoms with Gasteiger partial charge in [0, 0.05) is 18.0 Å². The summed E-state index contributed by atoms with van der Waals surface area (Å²) in [6, 6.07) is 7.85. The van der Waals surface area contributed by atoms with Crippen LogP contribution in [-0.2, 0) is 6.54 Å². The van der Waals surface area contributed by atoms with Crippen LogP contribution < -0.4 is 14.2 Å². The summed E-state index contributed by atoms with van der Waals surface area (Å²) >= 11 is 0. The molecule has 0 radical (unpaired) electrons. The molecule has 2 atom stereocenters. The Bertz CT molecular complexity index is 1130. The van der Waals surface area contributed by atoms with Crippen molar-refractivity contribution in [2.24, 2.45) is 0 Å². The first-order valence-corrected chi connectivity index (χ1v) is 9.91. The van der Waals surface area contributed by atoms with Crippen LogP contribution in [0.25, 0.3) is 21.5 Å². The zero-order chi connectivity index (χ0) is 20.3. The fraction of sp³-hybridized carbons (Fsp3) is 0.391. The molecule has 0 aliphatic carbocycles. The van der Waals surface area contributed by atoms with Gasteiger partial charge in [-0.15, -0.1) is 0 Å². The van der Waals surface area contributed by atoms with Gasteiger partial charge in [-0.1, -0.05) is 6.07 Å². The summed E-state index contributed by atoms with van der Waals surface area (Å²) in [6.45, 7) is 1.72. The number of phenolic OH excluding ortho intramolecular Hbond substituents is 1. The van der Waals surface area contributed by atoms with Crippen LogP contribution in [0, 0.1) is 0 Å². The minimum absolute atomic E-state index is 0.0425. The van der Waals surface area contributed by atoms with Crippen LogP contribution in [0.3, 0.4) is 0 Å². The summed E-state index contributed by atoms with van der Waals surface area (Å²) in [4.78, 5) is 2.34. The molecule has 0 aromatic heterocycles. The van der Waals surface area contributed by atoms with Crippen LogP contribution in [0.5, 0.6) is 23.0 Å². The minimum atomic E-state index is -0.572. The molecule has 3 aromatic rings. The lowest BCUT2D eigenvalue weighted by Gasteiger charge is -2.37. The van der Waals surface area contributed by atoms with Crippen LogP contribution >= 0.6 is 0 Å². The Morgan fingerprint density at radius 1 is 1.00 bits per heavy atom. The van der Waals surface area contributed by atoms with Crippen molar-refractivity contribution in [3.8, 4) is 23.0 Å². The smallest absolute Gasteiger partial charge is 0.203 e. The SMILES string of the molecule is COc1ccc2c3c(c4cc(OC)c(OC)c(O)c4c2c1)CN1CCCC1C3O. The largest absolute Gasteiger partial charge is 0.504 e. The first-order chi connectivity index (χ1) is 14.1. The maximum absolute atomic E-state index is 11.3. The summed E-state index contributed by atoms with van der Waals surface area (Å²) in [5, 5.41) is 25.8. The topological polar surface area (TPSA) is 71.4 Å². The van der Waals surface area contributed by atoms with Crippen molar-refractivity contribution in [2.45, 2.75) is 31.5 Å². The average Bonchev–Trinajstić information content (AvgIpc) is 3.22. The lowest BCUT2D eigenvalue weighted by molar-refractivity contribution is 0.0552. The summed E-state index contributed by atoms with van der Waals surface area (Å²) in [6.07, 6.45) is 1.51. The molecule has 1 fully saturated rings. The highest BCUT2D eigenvalue weighted by molar-refractivity contribution is 6.15. The maximum atomic E-state index is 11.3. The molecule has 2 N–H and O–H groups in total. The number of aliphatic hydroxyl groups is 1. The predicted octanol–water partition coefficient (Wildman–Crippen LogP) is 3.74. The summed E-state index contributed by atoms with van der Waals surface area (Å²) in [7, 11) is 4.70. The highest BCUT2D eigenvalue weighted by Crippen LogP contribution is 2.51. The van der Waals surface area contributed by atoms with E-state index in [1.807, 2.05) is 24.3 Å². The molecule has 6 nitrogen and oxygen atoms in total. The first-order valence-electron chi connectivity index (χ1n) is 9.91. The Balaban J connectivity index is 1.96. The van der Waals surface area contributed by atoms with Crippen molar-refractivity contribution >= 4 is 21.5 Å². The number of ether oxygens (including phenoxy) is 3. The highest BCUT2D eigenvalue weighted by atomic mass is 16.5. The third-order valence-electron chi connectivity index (χ3n) is 6.52. The number of benzene rings is 3. The molecular formula is C23H25NO5. The Morgan fingerprint density at radius 2 is 1.83 bits per heavy atom. The number of phenols is 1. The van der Waals surface area contributed by atoms with E-state index in [4.69, 9.17) is 14.2 Å². The van der Waals surface area contributed by atoms with Crippen molar-refractivity contribution in [1.82, 2.24) is 4.90 Å². The number of hydrogen-bond acceptors (Lipinski definition) is 6. The van der Waals surface area contributed by atoms with Gasteiger partial charge in [-0.3, -0.25) is 4.90 Å². The zero-order valence-electron chi connectivity index (χ0n) is 16.9. The van der Waals surface area contributed by atoms with Gasteiger partial charge in [-0.2, -0.15) is 0 Å². The quantitative estimate of drug-likeness (QED) is 0.659. The standard InChI is InChI=1S/C23H25NO5/c1-27-12-6-7-13-14(9-12)20-15(10-18(28-2)23(29-3)22(20)26)16-11-24-8-4-5-17(24)21(25)19(13)16/h6-7,9-10,17,21,25-26H,4-5,8,11H2,1-3H3. The number of methoxy groups -OCH3 is 3. The van der Waals surface area contributed by atoms with Crippen LogP contribution in [0.4, 0.5) is 0 Å². The third kappa shape index (κ3) is 2.49.